The first-order chi connectivity index (χ1) is 30.0. The quantitative estimate of drug-likeness (QED) is 0.123. The van der Waals surface area contributed by atoms with Gasteiger partial charge in [0.2, 0.25) is 0 Å². The molecule has 0 heterocycles. The largest absolute Gasteiger partial charge is 0.0616 e. The normalized spacial score (nSPS) is 12.7. The van der Waals surface area contributed by atoms with Crippen LogP contribution in [-0.2, 0) is 10.8 Å². The van der Waals surface area contributed by atoms with E-state index in [9.17, 15) is 0 Å². The number of rotatable bonds is 4. The molecule has 62 heavy (non-hydrogen) atoms. The van der Waals surface area contributed by atoms with Crippen molar-refractivity contribution in [3.63, 3.8) is 0 Å². The molecule has 0 nitrogen and oxygen atoms in total. The lowest BCUT2D eigenvalue weighted by Crippen LogP contribution is -2.10. The molecule has 12 rings (SSSR count). The van der Waals surface area contributed by atoms with Gasteiger partial charge in [0, 0.05) is 0 Å². The van der Waals surface area contributed by atoms with Gasteiger partial charge in [-0.3, -0.25) is 0 Å². The van der Waals surface area contributed by atoms with E-state index in [0.717, 1.165) is 0 Å². The summed E-state index contributed by atoms with van der Waals surface area (Å²) in [5.74, 6) is 0. The fourth-order valence-corrected chi connectivity index (χ4v) is 10.7. The fraction of sp³-hybridized carbons (Fsp3) is 0.129. The number of hydrogen-bond donors (Lipinski definition) is 0. The molecule has 0 fully saturated rings. The van der Waals surface area contributed by atoms with Crippen LogP contribution in [-0.4, -0.2) is 0 Å². The summed E-state index contributed by atoms with van der Waals surface area (Å²) in [7, 11) is 0. The Morgan fingerprint density at radius 3 is 1.00 bits per heavy atom. The molecular weight excluding hydrogens is 745 g/mol. The van der Waals surface area contributed by atoms with E-state index in [1.807, 2.05) is 0 Å². The summed E-state index contributed by atoms with van der Waals surface area (Å²) in [4.78, 5) is 0. The number of fused-ring (bicyclic) bond motifs is 2. The molecule has 0 N–H and O–H groups in total. The molecule has 0 radical (unpaired) electrons. The minimum absolute atomic E-state index is 0.0669. The van der Waals surface area contributed by atoms with Crippen molar-refractivity contribution in [3.05, 3.63) is 193 Å². The van der Waals surface area contributed by atoms with Crippen LogP contribution in [0.4, 0.5) is 0 Å². The van der Waals surface area contributed by atoms with Crippen molar-refractivity contribution in [2.75, 3.05) is 0 Å². The van der Waals surface area contributed by atoms with Crippen LogP contribution in [0, 0.1) is 0 Å². The maximum atomic E-state index is 2.53. The average molecular weight is 793 g/mol. The molecule has 0 spiro atoms. The Morgan fingerprint density at radius 2 is 0.613 bits per heavy atom. The first kappa shape index (κ1) is 36.8. The van der Waals surface area contributed by atoms with Gasteiger partial charge in [-0.05, 0) is 166 Å². The molecule has 296 valence electrons. The summed E-state index contributed by atoms with van der Waals surface area (Å²) in [5, 5.41) is 18.2. The Labute approximate surface area is 363 Å². The smallest absolute Gasteiger partial charge is 0.000696 e. The van der Waals surface area contributed by atoms with Gasteiger partial charge in [0.1, 0.15) is 0 Å². The first-order valence-corrected chi connectivity index (χ1v) is 22.2. The molecule has 0 aliphatic heterocycles. The van der Waals surface area contributed by atoms with Crippen LogP contribution >= 0.6 is 0 Å². The van der Waals surface area contributed by atoms with E-state index in [1.54, 1.807) is 0 Å². The van der Waals surface area contributed by atoms with Gasteiger partial charge in [-0.15, -0.1) is 0 Å². The molecule has 12 aromatic rings. The van der Waals surface area contributed by atoms with Gasteiger partial charge in [0.15, 0.2) is 0 Å². The summed E-state index contributed by atoms with van der Waals surface area (Å²) in [5.41, 5.74) is 12.9. The molecule has 0 aromatic heterocycles. The SMILES string of the molecule is CC(C)(C)c1ccc(-c2cc3c(-c4ccc5ccccc5c4)c4cccc5c(-c6ccc(C(C)(C)C)cc6)cc6c(-c7ccc8ccccc8c7)c7cccc2c7c3c6c54)cc1. The Hall–Kier alpha value is -7.02. The third kappa shape index (κ3) is 5.52. The van der Waals surface area contributed by atoms with E-state index in [1.165, 1.54) is 131 Å². The van der Waals surface area contributed by atoms with Crippen LogP contribution in [0.5, 0.6) is 0 Å². The van der Waals surface area contributed by atoms with Crippen LogP contribution in [0.2, 0.25) is 0 Å². The number of hydrogen-bond acceptors (Lipinski definition) is 0. The van der Waals surface area contributed by atoms with E-state index in [2.05, 4.69) is 224 Å². The second-order valence-corrected chi connectivity index (χ2v) is 19.7. The molecule has 0 unspecified atom stereocenters. The summed E-state index contributed by atoms with van der Waals surface area (Å²) < 4.78 is 0. The monoisotopic (exact) mass is 792 g/mol. The van der Waals surface area contributed by atoms with Crippen LogP contribution in [0.15, 0.2) is 182 Å². The second-order valence-electron chi connectivity index (χ2n) is 19.7. The van der Waals surface area contributed by atoms with Crippen LogP contribution < -0.4 is 0 Å². The van der Waals surface area contributed by atoms with E-state index < -0.39 is 0 Å². The zero-order chi connectivity index (χ0) is 42.1. The highest BCUT2D eigenvalue weighted by molar-refractivity contribution is 6.44. The summed E-state index contributed by atoms with van der Waals surface area (Å²) in [6.45, 7) is 13.8. The molecule has 0 amide bonds. The summed E-state index contributed by atoms with van der Waals surface area (Å²) >= 11 is 0. The second kappa shape index (κ2) is 13.2. The first-order valence-electron chi connectivity index (χ1n) is 22.2. The van der Waals surface area contributed by atoms with E-state index in [0.29, 0.717) is 0 Å². The molecule has 12 aromatic carbocycles. The third-order valence-corrected chi connectivity index (χ3v) is 13.9. The molecule has 0 heteroatoms. The zero-order valence-corrected chi connectivity index (χ0v) is 36.3. The molecule has 0 aliphatic carbocycles. The molecule has 0 saturated carbocycles. The van der Waals surface area contributed by atoms with Gasteiger partial charge < -0.3 is 0 Å². The van der Waals surface area contributed by atoms with Crippen molar-refractivity contribution in [2.24, 2.45) is 0 Å². The molecule has 0 saturated heterocycles. The van der Waals surface area contributed by atoms with Crippen molar-refractivity contribution >= 4 is 75.4 Å². The van der Waals surface area contributed by atoms with Crippen molar-refractivity contribution in [1.82, 2.24) is 0 Å². The Morgan fingerprint density at radius 1 is 0.258 bits per heavy atom. The maximum Gasteiger partial charge on any atom is -0.000696 e. The maximum absolute atomic E-state index is 2.53. The van der Waals surface area contributed by atoms with Gasteiger partial charge in [0.25, 0.3) is 0 Å². The highest BCUT2D eigenvalue weighted by Crippen LogP contribution is 2.55. The lowest BCUT2D eigenvalue weighted by Gasteiger charge is -2.26. The van der Waals surface area contributed by atoms with Crippen molar-refractivity contribution in [3.8, 4) is 44.5 Å². The van der Waals surface area contributed by atoms with E-state index in [4.69, 9.17) is 0 Å². The van der Waals surface area contributed by atoms with Gasteiger partial charge in [-0.2, -0.15) is 0 Å². The standard InChI is InChI=1S/C62H48/c1-61(2,3)45-29-25-39(26-30-45)51-35-53-55(43-23-21-37-13-7-9-15-41(37)33-43)50-20-12-18-48-52(40-27-31-46(32-28-40)62(4,5)6)36-54-56(44-24-22-38-14-8-10-16-42(38)34-44)49-19-11-17-47(51)57(49)59(53)60(54)58(48)50/h7-36H,1-6H3. The highest BCUT2D eigenvalue weighted by Gasteiger charge is 2.27. The zero-order valence-electron chi connectivity index (χ0n) is 36.3. The van der Waals surface area contributed by atoms with Crippen molar-refractivity contribution in [1.29, 1.82) is 0 Å². The fourth-order valence-electron chi connectivity index (χ4n) is 10.7. The van der Waals surface area contributed by atoms with Crippen molar-refractivity contribution in [2.45, 2.75) is 52.4 Å². The van der Waals surface area contributed by atoms with Crippen LogP contribution in [0.25, 0.3) is 120 Å². The predicted molar refractivity (Wildman–Crippen MR) is 270 cm³/mol. The number of benzene rings is 12. The van der Waals surface area contributed by atoms with Crippen LogP contribution in [0.1, 0.15) is 52.7 Å². The van der Waals surface area contributed by atoms with Crippen molar-refractivity contribution < 1.29 is 0 Å². The topological polar surface area (TPSA) is 0 Å². The summed E-state index contributed by atoms with van der Waals surface area (Å²) in [6, 6.07) is 69.6. The minimum Gasteiger partial charge on any atom is -0.0616 e. The molecule has 0 bridgehead atoms. The molecule has 0 aliphatic rings. The highest BCUT2D eigenvalue weighted by atomic mass is 14.3. The Balaban J connectivity index is 1.31. The average Bonchev–Trinajstić information content (AvgIpc) is 3.28. The van der Waals surface area contributed by atoms with E-state index >= 15 is 0 Å². The lowest BCUT2D eigenvalue weighted by molar-refractivity contribution is 0.590. The minimum atomic E-state index is 0.0669. The van der Waals surface area contributed by atoms with Gasteiger partial charge >= 0.3 is 0 Å². The van der Waals surface area contributed by atoms with Gasteiger partial charge in [0.05, 0.1) is 0 Å². The summed E-state index contributed by atoms with van der Waals surface area (Å²) in [6.07, 6.45) is 0. The Kier molecular flexibility index (Phi) is 7.86. The Bertz CT molecular complexity index is 3470. The van der Waals surface area contributed by atoms with E-state index in [-0.39, 0.29) is 10.8 Å². The van der Waals surface area contributed by atoms with Crippen LogP contribution in [0.3, 0.4) is 0 Å². The predicted octanol–water partition coefficient (Wildman–Crippen LogP) is 17.9. The molecular formula is C62H48. The lowest BCUT2D eigenvalue weighted by atomic mass is 9.76. The van der Waals surface area contributed by atoms with Gasteiger partial charge in [-0.1, -0.05) is 199 Å². The third-order valence-electron chi connectivity index (χ3n) is 13.9. The van der Waals surface area contributed by atoms with Gasteiger partial charge in [-0.25, -0.2) is 0 Å². The molecule has 0 atom stereocenters.